The minimum Gasteiger partial charge on any atom is -0.393 e. The Balaban J connectivity index is 1.73. The number of hydrogen-bond acceptors (Lipinski definition) is 7. The molecule has 0 bridgehead atoms. The summed E-state index contributed by atoms with van der Waals surface area (Å²) >= 11 is 6.33. The molecule has 0 saturated heterocycles. The molecule has 2 amide bonds. The predicted molar refractivity (Wildman–Crippen MR) is 116 cm³/mol. The maximum atomic E-state index is 13.3. The summed E-state index contributed by atoms with van der Waals surface area (Å²) in [7, 11) is 1.36. The smallest absolute Gasteiger partial charge is 0.355 e. The molecule has 1 unspecified atom stereocenters. The summed E-state index contributed by atoms with van der Waals surface area (Å²) in [5, 5.41) is 14.3. The van der Waals surface area contributed by atoms with Crippen molar-refractivity contribution in [3.8, 4) is 0 Å². The van der Waals surface area contributed by atoms with Crippen molar-refractivity contribution in [2.75, 3.05) is 22.4 Å². The number of aliphatic hydroxyl groups is 1. The molecule has 2 N–H and O–H groups in total. The molecule has 2 aliphatic rings. The molecule has 10 heteroatoms. The van der Waals surface area contributed by atoms with E-state index in [9.17, 15) is 14.7 Å². The van der Waals surface area contributed by atoms with Crippen molar-refractivity contribution in [3.63, 3.8) is 0 Å². The Hall–Kier alpha value is -2.97. The summed E-state index contributed by atoms with van der Waals surface area (Å²) in [4.78, 5) is 40.2. The molecule has 2 heterocycles. The monoisotopic (exact) mass is 443 g/mol. The maximum Gasteiger partial charge on any atom is 0.355 e. The average molecular weight is 444 g/mol. The highest BCUT2D eigenvalue weighted by atomic mass is 35.5. The minimum atomic E-state index is -0.801. The largest absolute Gasteiger partial charge is 0.393 e. The summed E-state index contributed by atoms with van der Waals surface area (Å²) in [6.07, 6.45) is 5.54. The fourth-order valence-corrected chi connectivity index (χ4v) is 4.19. The van der Waals surface area contributed by atoms with Gasteiger partial charge in [-0.15, -0.1) is 0 Å². The van der Waals surface area contributed by atoms with Crippen molar-refractivity contribution in [2.24, 2.45) is 0 Å². The van der Waals surface area contributed by atoms with Gasteiger partial charge >= 0.3 is 6.03 Å². The molecule has 1 aromatic carbocycles. The molecule has 4 rings (SSSR count). The number of urea groups is 1. The van der Waals surface area contributed by atoms with Crippen molar-refractivity contribution in [3.05, 3.63) is 47.1 Å². The number of aromatic nitrogens is 2. The molecule has 162 valence electrons. The third-order valence-corrected chi connectivity index (χ3v) is 5.83. The van der Waals surface area contributed by atoms with Crippen molar-refractivity contribution in [1.29, 1.82) is 0 Å². The van der Waals surface area contributed by atoms with Crippen LogP contribution in [0.5, 0.6) is 0 Å². The van der Waals surface area contributed by atoms with E-state index in [1.54, 1.807) is 36.4 Å². The van der Waals surface area contributed by atoms with Gasteiger partial charge in [-0.1, -0.05) is 23.7 Å². The summed E-state index contributed by atoms with van der Waals surface area (Å²) in [5.41, 5.74) is 0.913. The van der Waals surface area contributed by atoms with Crippen LogP contribution in [0.1, 0.15) is 37.3 Å². The number of carbonyl (C=O) groups excluding carboxylic acids is 2. The van der Waals surface area contributed by atoms with E-state index in [2.05, 4.69) is 15.3 Å². The number of para-hydroxylation sites is 1. The molecule has 1 aliphatic heterocycles. The third-order valence-electron chi connectivity index (χ3n) is 5.52. The first-order valence-electron chi connectivity index (χ1n) is 9.98. The lowest BCUT2D eigenvalue weighted by atomic mass is 9.93. The van der Waals surface area contributed by atoms with E-state index >= 15 is 0 Å². The number of nitrogens with one attached hydrogen (secondary N) is 1. The van der Waals surface area contributed by atoms with Gasteiger partial charge in [0.05, 0.1) is 30.0 Å². The number of carbonyl (C=O) groups is 1. The van der Waals surface area contributed by atoms with E-state index in [0.29, 0.717) is 35.1 Å². The van der Waals surface area contributed by atoms with Crippen LogP contribution in [0.25, 0.3) is 0 Å². The van der Waals surface area contributed by atoms with Crippen LogP contribution in [-0.2, 0) is 9.63 Å². The van der Waals surface area contributed by atoms with Crippen LogP contribution in [-0.4, -0.2) is 46.3 Å². The quantitative estimate of drug-likeness (QED) is 0.682. The summed E-state index contributed by atoms with van der Waals surface area (Å²) in [6.45, 7) is 0. The number of anilines is 3. The van der Waals surface area contributed by atoms with Gasteiger partial charge in [-0.2, -0.15) is 10.0 Å². The highest BCUT2D eigenvalue weighted by Gasteiger charge is 2.41. The number of hydrogen-bond donors (Lipinski definition) is 2. The van der Waals surface area contributed by atoms with Gasteiger partial charge in [0.25, 0.3) is 0 Å². The Morgan fingerprint density at radius 3 is 2.71 bits per heavy atom. The van der Waals surface area contributed by atoms with Crippen LogP contribution in [0, 0.1) is 0 Å². The number of benzene rings is 1. The van der Waals surface area contributed by atoms with Crippen LogP contribution in [0.4, 0.5) is 22.2 Å². The molecule has 1 saturated carbocycles. The van der Waals surface area contributed by atoms with Gasteiger partial charge < -0.3 is 10.4 Å². The second kappa shape index (κ2) is 9.03. The summed E-state index contributed by atoms with van der Waals surface area (Å²) in [5.74, 6) is 2.35. The number of fused-ring (bicyclic) bond motifs is 1. The number of rotatable bonds is 5. The highest BCUT2D eigenvalue weighted by molar-refractivity contribution is 6.34. The molecule has 0 spiro atoms. The lowest BCUT2D eigenvalue weighted by Gasteiger charge is -2.39. The molecule has 1 atom stereocenters. The molecule has 1 fully saturated rings. The van der Waals surface area contributed by atoms with E-state index < -0.39 is 12.1 Å². The van der Waals surface area contributed by atoms with E-state index in [1.165, 1.54) is 18.1 Å². The van der Waals surface area contributed by atoms with E-state index in [1.807, 2.05) is 0 Å². The van der Waals surface area contributed by atoms with Crippen molar-refractivity contribution >= 4 is 41.0 Å². The maximum absolute atomic E-state index is 13.3. The lowest BCUT2D eigenvalue weighted by Crippen LogP contribution is -2.49. The zero-order chi connectivity index (χ0) is 22.0. The van der Waals surface area contributed by atoms with Crippen molar-refractivity contribution in [2.45, 2.75) is 43.9 Å². The Bertz CT molecular complexity index is 1020. The summed E-state index contributed by atoms with van der Waals surface area (Å²) in [6, 6.07) is 5.60. The molecular weight excluding hydrogens is 422 g/mol. The van der Waals surface area contributed by atoms with Gasteiger partial charge in [0.15, 0.2) is 5.82 Å². The molecule has 2 aromatic rings. The van der Waals surface area contributed by atoms with Gasteiger partial charge in [-0.25, -0.2) is 14.6 Å². The molecule has 9 nitrogen and oxygen atoms in total. The first-order chi connectivity index (χ1) is 15.0. The number of halogens is 1. The number of aliphatic hydroxyl groups excluding tert-OH is 1. The second-order valence-electron chi connectivity index (χ2n) is 7.43. The highest BCUT2D eigenvalue weighted by Crippen LogP contribution is 2.41. The molecular formula is C21H22ClN5O4. The number of nitrogens with zero attached hydrogens (tertiary/aromatic N) is 4. The average Bonchev–Trinajstić information content (AvgIpc) is 2.77. The van der Waals surface area contributed by atoms with E-state index in [0.717, 1.165) is 17.9 Å². The normalized spacial score (nSPS) is 23.2. The third kappa shape index (κ3) is 4.13. The zero-order valence-electron chi connectivity index (χ0n) is 16.9. The Kier molecular flexibility index (Phi) is 6.20. The second-order valence-corrected chi connectivity index (χ2v) is 7.84. The fourth-order valence-electron chi connectivity index (χ4n) is 3.97. The SMILES string of the molecule is CON1C(=O)N(c2ccccc2Cl)C(C=C=O)c2cnc(NC3CCC(O)CC3)nc21. The van der Waals surface area contributed by atoms with Gasteiger partial charge in [0.2, 0.25) is 5.95 Å². The molecule has 31 heavy (non-hydrogen) atoms. The van der Waals surface area contributed by atoms with Crippen LogP contribution >= 0.6 is 11.6 Å². The van der Waals surface area contributed by atoms with E-state index in [4.69, 9.17) is 16.4 Å². The lowest BCUT2D eigenvalue weighted by molar-refractivity contribution is 0.126. The molecule has 1 aliphatic carbocycles. The Labute approximate surface area is 184 Å². The predicted octanol–water partition coefficient (Wildman–Crippen LogP) is 3.28. The Morgan fingerprint density at radius 1 is 1.29 bits per heavy atom. The minimum absolute atomic E-state index is 0.127. The van der Waals surface area contributed by atoms with Crippen molar-refractivity contribution < 1.29 is 19.5 Å². The number of amides is 2. The van der Waals surface area contributed by atoms with Crippen LogP contribution in [0.15, 0.2) is 36.5 Å². The van der Waals surface area contributed by atoms with Crippen LogP contribution in [0.2, 0.25) is 5.02 Å². The number of hydroxylamine groups is 1. The zero-order valence-corrected chi connectivity index (χ0v) is 17.6. The van der Waals surface area contributed by atoms with E-state index in [-0.39, 0.29) is 18.0 Å². The Morgan fingerprint density at radius 2 is 2.03 bits per heavy atom. The van der Waals surface area contributed by atoms with Crippen LogP contribution in [0.3, 0.4) is 0 Å². The van der Waals surface area contributed by atoms with Gasteiger partial charge in [0, 0.05) is 23.9 Å². The first-order valence-corrected chi connectivity index (χ1v) is 10.4. The summed E-state index contributed by atoms with van der Waals surface area (Å²) < 4.78 is 0. The van der Waals surface area contributed by atoms with Gasteiger partial charge in [-0.3, -0.25) is 9.74 Å². The standard InChI is InChI=1S/C21H22ClN5O4/c1-31-27-19-15(12-23-20(25-19)24-13-6-8-14(29)9-7-13)17(10-11-28)26(21(27)30)18-5-3-2-4-16(18)22/h2-5,10,12-14,17,29H,6-9H2,1H3,(H,23,24,25). The molecule has 1 aromatic heterocycles. The van der Waals surface area contributed by atoms with Gasteiger partial charge in [-0.05, 0) is 37.8 Å². The first kappa shape index (κ1) is 21.3. The molecule has 0 radical (unpaired) electrons. The fraction of sp³-hybridized carbons (Fsp3) is 0.381. The van der Waals surface area contributed by atoms with Gasteiger partial charge in [0.1, 0.15) is 5.94 Å². The van der Waals surface area contributed by atoms with Crippen molar-refractivity contribution in [1.82, 2.24) is 9.97 Å². The topological polar surface area (TPSA) is 108 Å². The van der Waals surface area contributed by atoms with Crippen LogP contribution < -0.4 is 15.3 Å².